The van der Waals surface area contributed by atoms with Crippen LogP contribution in [0.5, 0.6) is 0 Å². The number of pyridine rings is 1. The van der Waals surface area contributed by atoms with Crippen LogP contribution in [0.3, 0.4) is 0 Å². The molecule has 2 heterocycles. The summed E-state index contributed by atoms with van der Waals surface area (Å²) in [4.78, 5) is 4.58. The predicted molar refractivity (Wildman–Crippen MR) is 64.5 cm³/mol. The Balaban J connectivity index is 2.39. The van der Waals surface area contributed by atoms with Gasteiger partial charge in [0.05, 0.1) is 5.69 Å². The first-order valence-electron chi connectivity index (χ1n) is 5.87. The third-order valence-corrected chi connectivity index (χ3v) is 3.38. The molecular formula is C13H20N2O. The Kier molecular flexibility index (Phi) is 3.26. The maximum atomic E-state index is 5.76. The molecule has 0 radical (unpaired) electrons. The Bertz CT molecular complexity index is 370. The molecular weight excluding hydrogens is 200 g/mol. The number of rotatable bonds is 2. The van der Waals surface area contributed by atoms with E-state index in [9.17, 15) is 0 Å². The van der Waals surface area contributed by atoms with Crippen LogP contribution in [0.15, 0.2) is 12.3 Å². The minimum absolute atomic E-state index is 0.226. The van der Waals surface area contributed by atoms with E-state index in [4.69, 9.17) is 4.74 Å². The first kappa shape index (κ1) is 11.6. The van der Waals surface area contributed by atoms with Crippen molar-refractivity contribution in [3.05, 3.63) is 29.1 Å². The van der Waals surface area contributed by atoms with Crippen LogP contribution in [0.4, 0.5) is 0 Å². The molecule has 1 atom stereocenters. The smallest absolute Gasteiger partial charge is 0.122 e. The van der Waals surface area contributed by atoms with Gasteiger partial charge in [-0.3, -0.25) is 4.98 Å². The topological polar surface area (TPSA) is 34.1 Å². The average Bonchev–Trinajstić information content (AvgIpc) is 2.30. The summed E-state index contributed by atoms with van der Waals surface area (Å²) < 4.78 is 5.76. The molecule has 1 aliphatic rings. The number of aryl methyl sites for hydroxylation is 2. The van der Waals surface area contributed by atoms with Crippen molar-refractivity contribution >= 4 is 0 Å². The lowest BCUT2D eigenvalue weighted by Gasteiger charge is -2.36. The maximum absolute atomic E-state index is 5.76. The van der Waals surface area contributed by atoms with Crippen molar-refractivity contribution in [3.8, 4) is 0 Å². The van der Waals surface area contributed by atoms with E-state index in [0.717, 1.165) is 31.6 Å². The fourth-order valence-corrected chi connectivity index (χ4v) is 2.54. The Labute approximate surface area is 97.2 Å². The van der Waals surface area contributed by atoms with Gasteiger partial charge in [-0.15, -0.1) is 0 Å². The zero-order chi connectivity index (χ0) is 11.6. The van der Waals surface area contributed by atoms with Gasteiger partial charge in [0.2, 0.25) is 0 Å². The van der Waals surface area contributed by atoms with Crippen molar-refractivity contribution in [1.29, 1.82) is 0 Å². The van der Waals surface area contributed by atoms with Crippen LogP contribution in [-0.4, -0.2) is 25.2 Å². The van der Waals surface area contributed by atoms with E-state index < -0.39 is 0 Å². The highest BCUT2D eigenvalue weighted by Crippen LogP contribution is 2.32. The third-order valence-electron chi connectivity index (χ3n) is 3.38. The van der Waals surface area contributed by atoms with Crippen LogP contribution in [0.1, 0.15) is 29.7 Å². The summed E-state index contributed by atoms with van der Waals surface area (Å²) in [5.41, 5.74) is 3.30. The molecule has 0 aromatic carbocycles. The largest absolute Gasteiger partial charge is 0.371 e. The van der Waals surface area contributed by atoms with Gasteiger partial charge in [0.15, 0.2) is 0 Å². The second kappa shape index (κ2) is 4.52. The first-order valence-corrected chi connectivity index (χ1v) is 5.87. The normalized spacial score (nSPS) is 25.7. The lowest BCUT2D eigenvalue weighted by atomic mass is 9.87. The number of piperidine rings is 1. The molecule has 0 amide bonds. The number of aromatic nitrogens is 1. The molecule has 1 aliphatic heterocycles. The van der Waals surface area contributed by atoms with Crippen molar-refractivity contribution < 1.29 is 4.74 Å². The van der Waals surface area contributed by atoms with Crippen LogP contribution in [0.2, 0.25) is 0 Å². The molecule has 0 bridgehead atoms. The third kappa shape index (κ3) is 1.97. The van der Waals surface area contributed by atoms with Gasteiger partial charge >= 0.3 is 0 Å². The molecule has 1 saturated heterocycles. The molecule has 88 valence electrons. The number of nitrogens with zero attached hydrogens (tertiary/aromatic N) is 1. The lowest BCUT2D eigenvalue weighted by Crippen LogP contribution is -2.45. The van der Waals surface area contributed by atoms with Crippen LogP contribution in [-0.2, 0) is 10.3 Å². The summed E-state index contributed by atoms with van der Waals surface area (Å²) in [7, 11) is 1.79. The van der Waals surface area contributed by atoms with E-state index in [2.05, 4.69) is 30.2 Å². The molecule has 1 N–H and O–H groups in total. The Hall–Kier alpha value is -0.930. The summed E-state index contributed by atoms with van der Waals surface area (Å²) in [6.07, 6.45) is 4.12. The van der Waals surface area contributed by atoms with Crippen molar-refractivity contribution in [2.75, 3.05) is 20.2 Å². The predicted octanol–water partition coefficient (Wildman–Crippen LogP) is 1.92. The molecule has 1 aromatic rings. The second-order valence-electron chi connectivity index (χ2n) is 4.66. The summed E-state index contributed by atoms with van der Waals surface area (Å²) in [6.45, 7) is 6.13. The molecule has 1 aromatic heterocycles. The van der Waals surface area contributed by atoms with Gasteiger partial charge < -0.3 is 10.1 Å². The van der Waals surface area contributed by atoms with Crippen molar-refractivity contribution in [3.63, 3.8) is 0 Å². The standard InChI is InChI=1S/C13H20N2O/c1-10-7-11(2)12(15-8-10)13(16-3)5-4-6-14-9-13/h7-8,14H,4-6,9H2,1-3H3. The van der Waals surface area contributed by atoms with E-state index in [1.54, 1.807) is 7.11 Å². The van der Waals surface area contributed by atoms with E-state index in [0.29, 0.717) is 0 Å². The average molecular weight is 220 g/mol. The zero-order valence-electron chi connectivity index (χ0n) is 10.3. The monoisotopic (exact) mass is 220 g/mol. The van der Waals surface area contributed by atoms with Crippen molar-refractivity contribution in [2.24, 2.45) is 0 Å². The van der Waals surface area contributed by atoms with Crippen LogP contribution < -0.4 is 5.32 Å². The lowest BCUT2D eigenvalue weighted by molar-refractivity contribution is -0.0372. The summed E-state index contributed by atoms with van der Waals surface area (Å²) in [5.74, 6) is 0. The zero-order valence-corrected chi connectivity index (χ0v) is 10.3. The Morgan fingerprint density at radius 1 is 1.44 bits per heavy atom. The van der Waals surface area contributed by atoms with Gasteiger partial charge in [-0.05, 0) is 44.4 Å². The van der Waals surface area contributed by atoms with Crippen LogP contribution >= 0.6 is 0 Å². The highest BCUT2D eigenvalue weighted by Gasteiger charge is 2.36. The minimum Gasteiger partial charge on any atom is -0.371 e. The summed E-state index contributed by atoms with van der Waals surface area (Å²) in [5, 5.41) is 3.40. The fraction of sp³-hybridized carbons (Fsp3) is 0.615. The van der Waals surface area contributed by atoms with E-state index in [-0.39, 0.29) is 5.60 Å². The molecule has 3 heteroatoms. The van der Waals surface area contributed by atoms with Crippen molar-refractivity contribution in [2.45, 2.75) is 32.3 Å². The van der Waals surface area contributed by atoms with Gasteiger partial charge in [0.25, 0.3) is 0 Å². The molecule has 0 saturated carbocycles. The second-order valence-corrected chi connectivity index (χ2v) is 4.66. The highest BCUT2D eigenvalue weighted by molar-refractivity contribution is 5.28. The molecule has 0 spiro atoms. The molecule has 1 fully saturated rings. The van der Waals surface area contributed by atoms with E-state index in [1.165, 1.54) is 11.1 Å². The fourth-order valence-electron chi connectivity index (χ4n) is 2.54. The van der Waals surface area contributed by atoms with E-state index >= 15 is 0 Å². The molecule has 0 aliphatic carbocycles. The summed E-state index contributed by atoms with van der Waals surface area (Å²) in [6, 6.07) is 2.18. The van der Waals surface area contributed by atoms with Crippen LogP contribution in [0, 0.1) is 13.8 Å². The minimum atomic E-state index is -0.226. The number of hydrogen-bond acceptors (Lipinski definition) is 3. The summed E-state index contributed by atoms with van der Waals surface area (Å²) >= 11 is 0. The first-order chi connectivity index (χ1) is 7.68. The van der Waals surface area contributed by atoms with Gasteiger partial charge in [-0.25, -0.2) is 0 Å². The number of nitrogens with one attached hydrogen (secondary N) is 1. The molecule has 3 nitrogen and oxygen atoms in total. The molecule has 2 rings (SSSR count). The Morgan fingerprint density at radius 2 is 2.25 bits per heavy atom. The molecule has 1 unspecified atom stereocenters. The highest BCUT2D eigenvalue weighted by atomic mass is 16.5. The number of ether oxygens (including phenoxy) is 1. The van der Waals surface area contributed by atoms with Gasteiger partial charge in [-0.1, -0.05) is 6.07 Å². The Morgan fingerprint density at radius 3 is 2.81 bits per heavy atom. The quantitative estimate of drug-likeness (QED) is 0.827. The number of methoxy groups -OCH3 is 1. The van der Waals surface area contributed by atoms with Crippen molar-refractivity contribution in [1.82, 2.24) is 10.3 Å². The van der Waals surface area contributed by atoms with Gasteiger partial charge in [0, 0.05) is 19.9 Å². The maximum Gasteiger partial charge on any atom is 0.122 e. The van der Waals surface area contributed by atoms with Gasteiger partial charge in [0.1, 0.15) is 5.60 Å². The SMILES string of the molecule is COC1(c2ncc(C)cc2C)CCCNC1. The molecule has 16 heavy (non-hydrogen) atoms. The van der Waals surface area contributed by atoms with Crippen LogP contribution in [0.25, 0.3) is 0 Å². The number of hydrogen-bond donors (Lipinski definition) is 1. The van der Waals surface area contributed by atoms with Gasteiger partial charge in [-0.2, -0.15) is 0 Å². The van der Waals surface area contributed by atoms with E-state index in [1.807, 2.05) is 6.20 Å².